The van der Waals surface area contributed by atoms with Crippen LogP contribution >= 0.6 is 0 Å². The summed E-state index contributed by atoms with van der Waals surface area (Å²) >= 11 is 0. The van der Waals surface area contributed by atoms with Crippen LogP contribution < -0.4 is 15.5 Å². The first-order valence-electron chi connectivity index (χ1n) is 13.6. The summed E-state index contributed by atoms with van der Waals surface area (Å²) in [5.74, 6) is 0.875. The summed E-state index contributed by atoms with van der Waals surface area (Å²) in [5.41, 5.74) is 14.8. The molecule has 7 rings (SSSR count). The fourth-order valence-electron chi connectivity index (χ4n) is 6.37. The lowest BCUT2D eigenvalue weighted by Gasteiger charge is -2.42. The second-order valence-corrected chi connectivity index (χ2v) is 10.9. The summed E-state index contributed by atoms with van der Waals surface area (Å²) in [5, 5.41) is 0. The number of H-pyrrole nitrogens is 1. The Balaban J connectivity index is 0.000000176. The lowest BCUT2D eigenvalue weighted by Crippen LogP contribution is -2.44. The molecule has 1 unspecified atom stereocenters. The summed E-state index contributed by atoms with van der Waals surface area (Å²) in [6.45, 7) is 8.53. The van der Waals surface area contributed by atoms with Gasteiger partial charge < -0.3 is 20.5 Å². The van der Waals surface area contributed by atoms with Crippen LogP contribution in [-0.2, 0) is 6.42 Å². The summed E-state index contributed by atoms with van der Waals surface area (Å²) in [7, 11) is 0. The van der Waals surface area contributed by atoms with Gasteiger partial charge in [0.25, 0.3) is 0 Å². The molecular formula is C30H37N7. The van der Waals surface area contributed by atoms with E-state index >= 15 is 0 Å². The molecule has 2 saturated heterocycles. The third-order valence-electron chi connectivity index (χ3n) is 8.53. The van der Waals surface area contributed by atoms with Crippen molar-refractivity contribution in [3.63, 3.8) is 0 Å². The number of rotatable bonds is 2. The molecule has 1 aliphatic carbocycles. The topological polar surface area (TPSA) is 87.0 Å². The molecule has 3 aliphatic rings. The molecule has 0 saturated carbocycles. The number of hydrogen-bond donors (Lipinski definition) is 2. The van der Waals surface area contributed by atoms with Gasteiger partial charge in [0.05, 0.1) is 11.9 Å². The van der Waals surface area contributed by atoms with Crippen LogP contribution in [0.15, 0.2) is 54.7 Å². The van der Waals surface area contributed by atoms with E-state index in [9.17, 15) is 0 Å². The highest BCUT2D eigenvalue weighted by molar-refractivity contribution is 5.69. The first kappa shape index (κ1) is 23.9. The number of nitrogens with one attached hydrogen (secondary N) is 1. The minimum Gasteiger partial charge on any atom is -0.371 e. The number of anilines is 2. The van der Waals surface area contributed by atoms with Gasteiger partial charge >= 0.3 is 0 Å². The maximum absolute atomic E-state index is 6.66. The molecule has 2 aromatic heterocycles. The first-order valence-corrected chi connectivity index (χ1v) is 13.6. The number of para-hydroxylation sites is 1. The van der Waals surface area contributed by atoms with Gasteiger partial charge in [0, 0.05) is 37.9 Å². The van der Waals surface area contributed by atoms with Crippen LogP contribution in [0.4, 0.5) is 11.6 Å². The normalized spacial score (nSPS) is 20.2. The van der Waals surface area contributed by atoms with Gasteiger partial charge in [0.15, 0.2) is 11.3 Å². The van der Waals surface area contributed by atoms with Crippen molar-refractivity contribution in [3.05, 3.63) is 77.1 Å². The number of nitrogens with zero attached hydrogens (tertiary/aromatic N) is 5. The molecule has 0 bridgehead atoms. The Labute approximate surface area is 219 Å². The van der Waals surface area contributed by atoms with Crippen molar-refractivity contribution in [2.24, 2.45) is 11.1 Å². The van der Waals surface area contributed by atoms with E-state index in [-0.39, 0.29) is 11.5 Å². The Morgan fingerprint density at radius 2 is 1.62 bits per heavy atom. The van der Waals surface area contributed by atoms with E-state index in [1.54, 1.807) is 6.20 Å². The third kappa shape index (κ3) is 4.57. The Kier molecular flexibility index (Phi) is 6.32. The molecule has 0 amide bonds. The highest BCUT2D eigenvalue weighted by atomic mass is 15.3. The molecule has 7 heteroatoms. The molecule has 192 valence electrons. The van der Waals surface area contributed by atoms with Crippen molar-refractivity contribution in [3.8, 4) is 0 Å². The number of nitrogens with two attached hydrogens (primary N) is 1. The molecule has 2 aromatic carbocycles. The van der Waals surface area contributed by atoms with Gasteiger partial charge in [-0.2, -0.15) is 4.98 Å². The molecule has 4 heterocycles. The lowest BCUT2D eigenvalue weighted by atomic mass is 9.73. The quantitative estimate of drug-likeness (QED) is 0.402. The molecule has 3 N–H and O–H groups in total. The highest BCUT2D eigenvalue weighted by Gasteiger charge is 2.46. The van der Waals surface area contributed by atoms with Crippen LogP contribution in [0.25, 0.3) is 11.3 Å². The van der Waals surface area contributed by atoms with E-state index in [0.29, 0.717) is 5.65 Å². The van der Waals surface area contributed by atoms with Gasteiger partial charge in [-0.3, -0.25) is 0 Å². The minimum absolute atomic E-state index is 0.146. The van der Waals surface area contributed by atoms with E-state index < -0.39 is 0 Å². The van der Waals surface area contributed by atoms with Crippen LogP contribution in [0.2, 0.25) is 0 Å². The average molecular weight is 496 g/mol. The van der Waals surface area contributed by atoms with Crippen molar-refractivity contribution >= 4 is 22.9 Å². The van der Waals surface area contributed by atoms with E-state index in [4.69, 9.17) is 5.73 Å². The fraction of sp³-hybridized carbons (Fsp3) is 0.433. The molecule has 1 atom stereocenters. The summed E-state index contributed by atoms with van der Waals surface area (Å²) < 4.78 is 0. The molecule has 37 heavy (non-hydrogen) atoms. The average Bonchev–Trinajstić information content (AvgIpc) is 3.65. The van der Waals surface area contributed by atoms with Gasteiger partial charge in [-0.25, -0.2) is 9.97 Å². The van der Waals surface area contributed by atoms with Crippen LogP contribution in [0.3, 0.4) is 0 Å². The summed E-state index contributed by atoms with van der Waals surface area (Å²) in [4.78, 5) is 21.6. The van der Waals surface area contributed by atoms with Crippen molar-refractivity contribution in [1.82, 2.24) is 19.9 Å². The van der Waals surface area contributed by atoms with E-state index in [0.717, 1.165) is 49.6 Å². The number of fused-ring (bicyclic) bond motifs is 2. The van der Waals surface area contributed by atoms with Gasteiger partial charge in [-0.15, -0.1) is 0 Å². The first-order chi connectivity index (χ1) is 18.0. The SMILES string of the molecule is Cc1ccccc1N1CCCC1.Cc1cnc2nc(N3CCC4(CC3)Cc3ccccc3C4N)[nH]c2n1. The molecule has 1 spiro atoms. The smallest absolute Gasteiger partial charge is 0.206 e. The predicted octanol–water partition coefficient (Wildman–Crippen LogP) is 5.10. The number of piperidine rings is 1. The van der Waals surface area contributed by atoms with E-state index in [2.05, 4.69) is 85.2 Å². The molecule has 2 aliphatic heterocycles. The van der Waals surface area contributed by atoms with E-state index in [1.807, 2.05) is 6.92 Å². The number of aromatic nitrogens is 4. The zero-order valence-corrected chi connectivity index (χ0v) is 22.0. The number of imidazole rings is 1. The largest absolute Gasteiger partial charge is 0.371 e. The molecule has 7 nitrogen and oxygen atoms in total. The zero-order valence-electron chi connectivity index (χ0n) is 22.0. The minimum atomic E-state index is 0.146. The van der Waals surface area contributed by atoms with Gasteiger partial charge in [-0.05, 0) is 74.1 Å². The van der Waals surface area contributed by atoms with Crippen molar-refractivity contribution in [2.75, 3.05) is 36.0 Å². The standard InChI is InChI=1S/C19H22N6.C11H15N/c1-12-11-21-16-17(22-12)24-18(23-16)25-8-6-19(7-9-25)10-13-4-2-3-5-14(13)15(19)20;1-10-6-2-3-7-11(10)12-8-4-5-9-12/h2-5,11,15H,6-10,20H2,1H3,(H,21,22,23,24);2-3,6-7H,4-5,8-9H2,1H3. The Morgan fingerprint density at radius 3 is 2.38 bits per heavy atom. The van der Waals surface area contributed by atoms with Crippen molar-refractivity contribution in [1.29, 1.82) is 0 Å². The number of aromatic amines is 1. The van der Waals surface area contributed by atoms with Crippen LogP contribution in [-0.4, -0.2) is 46.1 Å². The van der Waals surface area contributed by atoms with Gasteiger partial charge in [0.1, 0.15) is 0 Å². The summed E-state index contributed by atoms with van der Waals surface area (Å²) in [6, 6.07) is 17.4. The van der Waals surface area contributed by atoms with Crippen LogP contribution in [0.1, 0.15) is 54.1 Å². The van der Waals surface area contributed by atoms with Crippen LogP contribution in [0, 0.1) is 19.3 Å². The second kappa shape index (κ2) is 9.78. The summed E-state index contributed by atoms with van der Waals surface area (Å²) in [6.07, 6.45) is 7.73. The predicted molar refractivity (Wildman–Crippen MR) is 150 cm³/mol. The molecule has 2 fully saturated rings. The number of hydrogen-bond acceptors (Lipinski definition) is 6. The van der Waals surface area contributed by atoms with Gasteiger partial charge in [0.2, 0.25) is 5.95 Å². The number of aryl methyl sites for hydroxylation is 2. The highest BCUT2D eigenvalue weighted by Crippen LogP contribution is 2.50. The third-order valence-corrected chi connectivity index (χ3v) is 8.53. The second-order valence-electron chi connectivity index (χ2n) is 10.9. The maximum Gasteiger partial charge on any atom is 0.206 e. The maximum atomic E-state index is 6.66. The molecular weight excluding hydrogens is 458 g/mol. The van der Waals surface area contributed by atoms with Gasteiger partial charge in [-0.1, -0.05) is 42.5 Å². The van der Waals surface area contributed by atoms with Crippen molar-refractivity contribution < 1.29 is 0 Å². The van der Waals surface area contributed by atoms with Crippen molar-refractivity contribution in [2.45, 2.75) is 52.0 Å². The molecule has 4 aromatic rings. The zero-order chi connectivity index (χ0) is 25.4. The fourth-order valence-corrected chi connectivity index (χ4v) is 6.37. The number of benzene rings is 2. The molecule has 0 radical (unpaired) electrons. The Bertz CT molecular complexity index is 1380. The van der Waals surface area contributed by atoms with Crippen LogP contribution in [0.5, 0.6) is 0 Å². The lowest BCUT2D eigenvalue weighted by molar-refractivity contribution is 0.187. The monoisotopic (exact) mass is 495 g/mol. The van der Waals surface area contributed by atoms with E-state index in [1.165, 1.54) is 48.3 Å². The Morgan fingerprint density at radius 1 is 0.892 bits per heavy atom. The Hall–Kier alpha value is -3.45.